The molecule has 2 aromatic heterocycles. The van der Waals surface area contributed by atoms with E-state index in [1.807, 2.05) is 30.3 Å². The minimum atomic E-state index is 0.867. The Morgan fingerprint density at radius 2 is 1.00 bits per heavy atom. The lowest BCUT2D eigenvalue weighted by Crippen LogP contribution is -2.10. The second kappa shape index (κ2) is 9.37. The summed E-state index contributed by atoms with van der Waals surface area (Å²) in [6.45, 7) is 0. The van der Waals surface area contributed by atoms with Crippen molar-refractivity contribution in [2.45, 2.75) is 0 Å². The Morgan fingerprint density at radius 3 is 1.86 bits per heavy atom. The van der Waals surface area contributed by atoms with Crippen molar-refractivity contribution in [3.8, 4) is 11.1 Å². The second-order valence-electron chi connectivity index (χ2n) is 10.9. The first kappa shape index (κ1) is 23.9. The number of para-hydroxylation sites is 2. The quantitative estimate of drug-likeness (QED) is 0.218. The summed E-state index contributed by atoms with van der Waals surface area (Å²) in [5.41, 5.74) is 9.11. The van der Waals surface area contributed by atoms with Gasteiger partial charge in [0.1, 0.15) is 22.3 Å². The van der Waals surface area contributed by atoms with E-state index in [0.717, 1.165) is 60.9 Å². The SMILES string of the molecule is c1ccc2c(-c3ccc(N(c4ccc5oc6ccccc6c5c4)c4cccc5oc6ccccc6c45)cc3)cccc2c1. The molecule has 0 aliphatic rings. The summed E-state index contributed by atoms with van der Waals surface area (Å²) in [7, 11) is 0. The molecule has 2 heterocycles. The molecule has 3 nitrogen and oxygen atoms in total. The molecule has 0 radical (unpaired) electrons. The fourth-order valence-corrected chi connectivity index (χ4v) is 6.49. The maximum atomic E-state index is 6.31. The van der Waals surface area contributed by atoms with Crippen molar-refractivity contribution >= 4 is 71.7 Å². The van der Waals surface area contributed by atoms with E-state index in [2.05, 4.69) is 126 Å². The number of nitrogens with zero attached hydrogens (tertiary/aromatic N) is 1. The minimum absolute atomic E-state index is 0.867. The molecule has 0 saturated carbocycles. The average Bonchev–Trinajstić information content (AvgIpc) is 3.64. The molecule has 0 fully saturated rings. The number of anilines is 3. The highest BCUT2D eigenvalue weighted by molar-refractivity contribution is 6.14. The van der Waals surface area contributed by atoms with E-state index >= 15 is 0 Å². The summed E-state index contributed by atoms with van der Waals surface area (Å²) in [5.74, 6) is 0. The Kier molecular flexibility index (Phi) is 5.20. The molecule has 0 N–H and O–H groups in total. The van der Waals surface area contributed by atoms with Crippen LogP contribution >= 0.6 is 0 Å². The van der Waals surface area contributed by atoms with Gasteiger partial charge < -0.3 is 13.7 Å². The monoisotopic (exact) mass is 551 g/mol. The van der Waals surface area contributed by atoms with Crippen LogP contribution in [0.15, 0.2) is 160 Å². The first-order valence-corrected chi connectivity index (χ1v) is 14.5. The highest BCUT2D eigenvalue weighted by Crippen LogP contribution is 2.44. The van der Waals surface area contributed by atoms with E-state index in [0.29, 0.717) is 0 Å². The van der Waals surface area contributed by atoms with Gasteiger partial charge in [-0.3, -0.25) is 0 Å². The first-order chi connectivity index (χ1) is 21.3. The van der Waals surface area contributed by atoms with Crippen LogP contribution in [0.1, 0.15) is 0 Å². The zero-order chi connectivity index (χ0) is 28.3. The fourth-order valence-electron chi connectivity index (χ4n) is 6.49. The molecule has 9 aromatic rings. The fraction of sp³-hybridized carbons (Fsp3) is 0. The number of fused-ring (bicyclic) bond motifs is 7. The van der Waals surface area contributed by atoms with Crippen molar-refractivity contribution in [2.24, 2.45) is 0 Å². The van der Waals surface area contributed by atoms with Crippen molar-refractivity contribution in [1.29, 1.82) is 0 Å². The zero-order valence-electron chi connectivity index (χ0n) is 23.2. The molecule has 0 bridgehead atoms. The third-order valence-electron chi connectivity index (χ3n) is 8.47. The van der Waals surface area contributed by atoms with Gasteiger partial charge in [0, 0.05) is 27.5 Å². The summed E-state index contributed by atoms with van der Waals surface area (Å²) in [6, 6.07) is 53.2. The maximum Gasteiger partial charge on any atom is 0.137 e. The standard InChI is InChI=1S/C40H25NO2/c1-2-11-30-26(9-1)10-7-14-31(30)27-19-21-28(22-20-27)41(29-23-24-38-34(25-29)32-12-3-5-16-36(32)42-38)35-15-8-18-39-40(35)33-13-4-6-17-37(33)43-39/h1-25H. The molecule has 0 saturated heterocycles. The van der Waals surface area contributed by atoms with Crippen molar-refractivity contribution in [2.75, 3.05) is 4.90 Å². The van der Waals surface area contributed by atoms with E-state index in [9.17, 15) is 0 Å². The van der Waals surface area contributed by atoms with Gasteiger partial charge in [-0.15, -0.1) is 0 Å². The molecular formula is C40H25NO2. The molecule has 0 amide bonds. The van der Waals surface area contributed by atoms with Crippen LogP contribution in [-0.4, -0.2) is 0 Å². The molecule has 7 aromatic carbocycles. The van der Waals surface area contributed by atoms with Crippen LogP contribution in [0.4, 0.5) is 17.1 Å². The molecule has 0 spiro atoms. The van der Waals surface area contributed by atoms with E-state index in [1.165, 1.54) is 21.9 Å². The van der Waals surface area contributed by atoms with Crippen LogP contribution in [0.5, 0.6) is 0 Å². The zero-order valence-corrected chi connectivity index (χ0v) is 23.2. The van der Waals surface area contributed by atoms with Gasteiger partial charge in [-0.1, -0.05) is 97.1 Å². The van der Waals surface area contributed by atoms with Crippen LogP contribution in [0.25, 0.3) is 65.8 Å². The second-order valence-corrected chi connectivity index (χ2v) is 10.9. The Balaban J connectivity index is 1.28. The van der Waals surface area contributed by atoms with Crippen LogP contribution in [0.3, 0.4) is 0 Å². The minimum Gasteiger partial charge on any atom is -0.456 e. The van der Waals surface area contributed by atoms with Crippen molar-refractivity contribution in [3.05, 3.63) is 152 Å². The highest BCUT2D eigenvalue weighted by atomic mass is 16.3. The number of hydrogen-bond acceptors (Lipinski definition) is 3. The van der Waals surface area contributed by atoms with Crippen molar-refractivity contribution in [1.82, 2.24) is 0 Å². The molecule has 0 aliphatic heterocycles. The summed E-state index contributed by atoms with van der Waals surface area (Å²) >= 11 is 0. The largest absolute Gasteiger partial charge is 0.456 e. The average molecular weight is 552 g/mol. The summed E-state index contributed by atoms with van der Waals surface area (Å²) in [4.78, 5) is 2.33. The van der Waals surface area contributed by atoms with Gasteiger partial charge in [0.2, 0.25) is 0 Å². The predicted octanol–water partition coefficient (Wildman–Crippen LogP) is 11.8. The Morgan fingerprint density at radius 1 is 0.395 bits per heavy atom. The Labute approximate surface area is 247 Å². The van der Waals surface area contributed by atoms with E-state index in [4.69, 9.17) is 8.83 Å². The van der Waals surface area contributed by atoms with Gasteiger partial charge in [-0.2, -0.15) is 0 Å². The maximum absolute atomic E-state index is 6.31. The van der Waals surface area contributed by atoms with Gasteiger partial charge in [0.05, 0.1) is 11.1 Å². The topological polar surface area (TPSA) is 29.5 Å². The lowest BCUT2D eigenvalue weighted by Gasteiger charge is -2.26. The molecule has 9 rings (SSSR count). The molecule has 0 unspecified atom stereocenters. The van der Waals surface area contributed by atoms with Crippen LogP contribution in [0, 0.1) is 0 Å². The van der Waals surface area contributed by atoms with E-state index in [1.54, 1.807) is 0 Å². The predicted molar refractivity (Wildman–Crippen MR) is 179 cm³/mol. The molecule has 3 heteroatoms. The van der Waals surface area contributed by atoms with Gasteiger partial charge in [-0.25, -0.2) is 0 Å². The van der Waals surface area contributed by atoms with Crippen LogP contribution < -0.4 is 4.90 Å². The molecule has 202 valence electrons. The van der Waals surface area contributed by atoms with Gasteiger partial charge in [-0.05, 0) is 76.5 Å². The van der Waals surface area contributed by atoms with E-state index in [-0.39, 0.29) is 0 Å². The molecule has 0 atom stereocenters. The third-order valence-corrected chi connectivity index (χ3v) is 8.47. The van der Waals surface area contributed by atoms with Crippen molar-refractivity contribution < 1.29 is 8.83 Å². The first-order valence-electron chi connectivity index (χ1n) is 14.5. The number of benzene rings is 7. The lowest BCUT2D eigenvalue weighted by atomic mass is 9.98. The van der Waals surface area contributed by atoms with E-state index < -0.39 is 0 Å². The Hall–Kier alpha value is -5.80. The highest BCUT2D eigenvalue weighted by Gasteiger charge is 2.20. The summed E-state index contributed by atoms with van der Waals surface area (Å²) in [5, 5.41) is 6.88. The number of furan rings is 2. The van der Waals surface area contributed by atoms with Gasteiger partial charge >= 0.3 is 0 Å². The van der Waals surface area contributed by atoms with Crippen LogP contribution in [-0.2, 0) is 0 Å². The van der Waals surface area contributed by atoms with Gasteiger partial charge in [0.25, 0.3) is 0 Å². The molecular weight excluding hydrogens is 526 g/mol. The Bertz CT molecular complexity index is 2460. The smallest absolute Gasteiger partial charge is 0.137 e. The van der Waals surface area contributed by atoms with Crippen LogP contribution in [0.2, 0.25) is 0 Å². The normalized spacial score (nSPS) is 11.7. The van der Waals surface area contributed by atoms with Crippen molar-refractivity contribution in [3.63, 3.8) is 0 Å². The number of rotatable bonds is 4. The molecule has 0 aliphatic carbocycles. The summed E-state index contributed by atoms with van der Waals surface area (Å²) < 4.78 is 12.5. The van der Waals surface area contributed by atoms with Gasteiger partial charge in [0.15, 0.2) is 0 Å². The number of hydrogen-bond donors (Lipinski definition) is 0. The lowest BCUT2D eigenvalue weighted by molar-refractivity contribution is 0.668. The molecule has 43 heavy (non-hydrogen) atoms. The summed E-state index contributed by atoms with van der Waals surface area (Å²) in [6.07, 6.45) is 0. The third kappa shape index (κ3) is 3.75.